The van der Waals surface area contributed by atoms with Gasteiger partial charge in [0.15, 0.2) is 16.5 Å². The zero-order chi connectivity index (χ0) is 26.1. The van der Waals surface area contributed by atoms with Crippen LogP contribution in [0, 0.1) is 10.1 Å². The molecule has 5 aromatic rings. The van der Waals surface area contributed by atoms with Crippen LogP contribution in [0.2, 0.25) is 5.02 Å². The van der Waals surface area contributed by atoms with Crippen molar-refractivity contribution in [1.29, 1.82) is 0 Å². The minimum atomic E-state index is -0.580. The Bertz CT molecular complexity index is 1700. The topological polar surface area (TPSA) is 123 Å². The molecule has 0 saturated heterocycles. The van der Waals surface area contributed by atoms with Crippen LogP contribution in [0.5, 0.6) is 0 Å². The molecule has 2 aromatic heterocycles. The van der Waals surface area contributed by atoms with Crippen molar-refractivity contribution in [3.05, 3.63) is 98.2 Å². The highest BCUT2D eigenvalue weighted by atomic mass is 79.9. The fraction of sp³-hybridized carbons (Fsp3) is 0. The third-order valence-corrected chi connectivity index (χ3v) is 6.23. The Kier molecular flexibility index (Phi) is 6.74. The molecule has 184 valence electrons. The van der Waals surface area contributed by atoms with Crippen molar-refractivity contribution < 1.29 is 18.6 Å². The summed E-state index contributed by atoms with van der Waals surface area (Å²) in [5.74, 6) is 0.0914. The number of nitrogens with one attached hydrogen (secondary N) is 2. The Morgan fingerprint density at radius 1 is 1.05 bits per heavy atom. The number of benzene rings is 3. The Morgan fingerprint density at radius 3 is 2.70 bits per heavy atom. The van der Waals surface area contributed by atoms with Crippen molar-refractivity contribution in [2.75, 3.05) is 5.32 Å². The van der Waals surface area contributed by atoms with E-state index in [1.54, 1.807) is 36.4 Å². The molecule has 9 nitrogen and oxygen atoms in total. The van der Waals surface area contributed by atoms with Crippen LogP contribution in [0.25, 0.3) is 33.9 Å². The molecule has 0 atom stereocenters. The number of aromatic nitrogens is 1. The predicted octanol–water partition coefficient (Wildman–Crippen LogP) is 7.21. The SMILES string of the molecule is O=C(NC(=S)Nc1ccc2oc(-c3cc(Br)ccc3Cl)nc2c1)c1ccc(-c2cccc([N+](=O)[O-])c2)o1. The maximum atomic E-state index is 12.6. The highest BCUT2D eigenvalue weighted by Crippen LogP contribution is 2.33. The van der Waals surface area contributed by atoms with E-state index in [-0.39, 0.29) is 16.6 Å². The first-order valence-electron chi connectivity index (χ1n) is 10.6. The number of non-ortho nitro benzene ring substituents is 1. The number of anilines is 1. The summed E-state index contributed by atoms with van der Waals surface area (Å²) in [6.07, 6.45) is 0. The number of nitrogens with zero attached hydrogens (tertiary/aromatic N) is 2. The molecule has 0 radical (unpaired) electrons. The Labute approximate surface area is 227 Å². The monoisotopic (exact) mass is 596 g/mol. The first-order chi connectivity index (χ1) is 17.8. The highest BCUT2D eigenvalue weighted by Gasteiger charge is 2.16. The van der Waals surface area contributed by atoms with Gasteiger partial charge >= 0.3 is 0 Å². The molecule has 0 fully saturated rings. The number of carbonyl (C=O) groups is 1. The van der Waals surface area contributed by atoms with Gasteiger partial charge < -0.3 is 14.2 Å². The van der Waals surface area contributed by atoms with Gasteiger partial charge in [-0.25, -0.2) is 4.98 Å². The van der Waals surface area contributed by atoms with Gasteiger partial charge in [-0.2, -0.15) is 0 Å². The van der Waals surface area contributed by atoms with E-state index in [9.17, 15) is 14.9 Å². The van der Waals surface area contributed by atoms with Crippen molar-refractivity contribution in [3.8, 4) is 22.8 Å². The van der Waals surface area contributed by atoms with E-state index in [2.05, 4.69) is 31.5 Å². The lowest BCUT2D eigenvalue weighted by atomic mass is 10.1. The predicted molar refractivity (Wildman–Crippen MR) is 147 cm³/mol. The lowest BCUT2D eigenvalue weighted by Crippen LogP contribution is -2.33. The number of hydrogen-bond donors (Lipinski definition) is 2. The van der Waals surface area contributed by atoms with E-state index in [0.717, 1.165) is 4.47 Å². The van der Waals surface area contributed by atoms with E-state index in [1.165, 1.54) is 24.3 Å². The Hall–Kier alpha value is -4.06. The molecule has 1 amide bonds. The second-order valence-corrected chi connectivity index (χ2v) is 9.44. The number of oxazole rings is 1. The summed E-state index contributed by atoms with van der Waals surface area (Å²) < 4.78 is 12.3. The van der Waals surface area contributed by atoms with E-state index >= 15 is 0 Å². The lowest BCUT2D eigenvalue weighted by Gasteiger charge is -2.08. The highest BCUT2D eigenvalue weighted by molar-refractivity contribution is 9.10. The molecule has 0 saturated carbocycles. The summed E-state index contributed by atoms with van der Waals surface area (Å²) in [7, 11) is 0. The van der Waals surface area contributed by atoms with Gasteiger partial charge in [0.05, 0.1) is 15.5 Å². The number of halogens is 2. The van der Waals surface area contributed by atoms with Gasteiger partial charge in [0.2, 0.25) is 5.89 Å². The number of fused-ring (bicyclic) bond motifs is 1. The van der Waals surface area contributed by atoms with Gasteiger partial charge in [-0.15, -0.1) is 0 Å². The molecule has 2 N–H and O–H groups in total. The Balaban J connectivity index is 1.27. The molecule has 2 heterocycles. The first-order valence-corrected chi connectivity index (χ1v) is 12.2. The second kappa shape index (κ2) is 10.1. The molecule has 0 bridgehead atoms. The standard InChI is InChI=1S/C25H14BrClN4O5S/c26-14-4-6-18(27)17(11-14)24-29-19-12-15(5-7-21(19)36-24)28-25(37)30-23(32)22-9-8-20(35-22)13-2-1-3-16(10-13)31(33)34/h1-12H,(H2,28,30,32,37). The van der Waals surface area contributed by atoms with Gasteiger partial charge in [0, 0.05) is 27.9 Å². The largest absolute Gasteiger partial charge is 0.451 e. The van der Waals surface area contributed by atoms with Crippen LogP contribution in [-0.2, 0) is 0 Å². The molecular weight excluding hydrogens is 584 g/mol. The quantitative estimate of drug-likeness (QED) is 0.124. The fourth-order valence-corrected chi connectivity index (χ4v) is 4.27. The maximum Gasteiger partial charge on any atom is 0.293 e. The van der Waals surface area contributed by atoms with Crippen LogP contribution in [0.15, 0.2) is 86.1 Å². The number of thiocarbonyl (C=S) groups is 1. The third kappa shape index (κ3) is 5.38. The molecule has 3 aromatic carbocycles. The summed E-state index contributed by atoms with van der Waals surface area (Å²) in [6.45, 7) is 0. The first kappa shape index (κ1) is 24.6. The number of rotatable bonds is 5. The molecule has 5 rings (SSSR count). The summed E-state index contributed by atoms with van der Waals surface area (Å²) in [5.41, 5.74) is 2.73. The number of carbonyl (C=O) groups excluding carboxylic acids is 1. The average Bonchev–Trinajstić information content (AvgIpc) is 3.53. The van der Waals surface area contributed by atoms with Crippen molar-refractivity contribution in [3.63, 3.8) is 0 Å². The van der Waals surface area contributed by atoms with E-state index in [1.807, 2.05) is 12.1 Å². The fourth-order valence-electron chi connectivity index (χ4n) is 3.50. The molecule has 0 aliphatic rings. The van der Waals surface area contributed by atoms with E-state index < -0.39 is 10.8 Å². The van der Waals surface area contributed by atoms with Gasteiger partial charge in [0.1, 0.15) is 11.3 Å². The summed E-state index contributed by atoms with van der Waals surface area (Å²) in [4.78, 5) is 27.6. The average molecular weight is 598 g/mol. The molecule has 12 heteroatoms. The molecule has 0 spiro atoms. The van der Waals surface area contributed by atoms with Crippen LogP contribution in [0.4, 0.5) is 11.4 Å². The van der Waals surface area contributed by atoms with Crippen molar-refractivity contribution in [2.24, 2.45) is 0 Å². The zero-order valence-corrected chi connectivity index (χ0v) is 21.7. The summed E-state index contributed by atoms with van der Waals surface area (Å²) in [6, 6.07) is 19.5. The normalized spacial score (nSPS) is 10.9. The minimum absolute atomic E-state index is 0.00634. The number of furan rings is 1. The van der Waals surface area contributed by atoms with Crippen LogP contribution in [0.1, 0.15) is 10.6 Å². The Morgan fingerprint density at radius 2 is 1.89 bits per heavy atom. The third-order valence-electron chi connectivity index (χ3n) is 5.20. The number of nitro benzene ring substituents is 1. The van der Waals surface area contributed by atoms with Gasteiger partial charge in [-0.05, 0) is 60.7 Å². The summed E-state index contributed by atoms with van der Waals surface area (Å²) >= 11 is 15.0. The second-order valence-electron chi connectivity index (χ2n) is 7.71. The van der Waals surface area contributed by atoms with Gasteiger partial charge in [0.25, 0.3) is 11.6 Å². The van der Waals surface area contributed by atoms with Gasteiger partial charge in [-0.3, -0.25) is 20.2 Å². The number of amides is 1. The van der Waals surface area contributed by atoms with Crippen molar-refractivity contribution in [1.82, 2.24) is 10.3 Å². The minimum Gasteiger partial charge on any atom is -0.451 e. The number of hydrogen-bond acceptors (Lipinski definition) is 7. The summed E-state index contributed by atoms with van der Waals surface area (Å²) in [5, 5.41) is 17.0. The molecule has 0 aliphatic carbocycles. The van der Waals surface area contributed by atoms with Crippen LogP contribution < -0.4 is 10.6 Å². The smallest absolute Gasteiger partial charge is 0.293 e. The maximum absolute atomic E-state index is 12.6. The van der Waals surface area contributed by atoms with Crippen molar-refractivity contribution in [2.45, 2.75) is 0 Å². The van der Waals surface area contributed by atoms with Crippen LogP contribution in [-0.4, -0.2) is 20.9 Å². The van der Waals surface area contributed by atoms with E-state index in [4.69, 9.17) is 32.7 Å². The van der Waals surface area contributed by atoms with Crippen LogP contribution >= 0.6 is 39.7 Å². The lowest BCUT2D eigenvalue weighted by molar-refractivity contribution is -0.384. The molecular formula is C25H14BrClN4O5S. The van der Waals surface area contributed by atoms with Gasteiger partial charge in [-0.1, -0.05) is 39.7 Å². The molecule has 37 heavy (non-hydrogen) atoms. The van der Waals surface area contributed by atoms with Crippen LogP contribution in [0.3, 0.4) is 0 Å². The molecule has 0 unspecified atom stereocenters. The van der Waals surface area contributed by atoms with E-state index in [0.29, 0.717) is 44.6 Å². The molecule has 0 aliphatic heterocycles. The number of nitro groups is 1. The zero-order valence-electron chi connectivity index (χ0n) is 18.5. The van der Waals surface area contributed by atoms with Crippen molar-refractivity contribution >= 4 is 73.2 Å².